The van der Waals surface area contributed by atoms with Crippen molar-refractivity contribution in [3.05, 3.63) is 28.5 Å². The van der Waals surface area contributed by atoms with Gasteiger partial charge in [0.15, 0.2) is 0 Å². The Morgan fingerprint density at radius 1 is 1.57 bits per heavy atom. The Morgan fingerprint density at radius 3 is 3.00 bits per heavy atom. The van der Waals surface area contributed by atoms with E-state index in [1.54, 1.807) is 0 Å². The summed E-state index contributed by atoms with van der Waals surface area (Å²) in [7, 11) is 0. The first-order chi connectivity index (χ1) is 6.75. The molecule has 1 atom stereocenters. The summed E-state index contributed by atoms with van der Waals surface area (Å²) in [6.45, 7) is 3.13. The van der Waals surface area contributed by atoms with Gasteiger partial charge < -0.3 is 5.32 Å². The van der Waals surface area contributed by atoms with Gasteiger partial charge in [-0.25, -0.2) is 4.98 Å². The summed E-state index contributed by atoms with van der Waals surface area (Å²) in [4.78, 5) is 4.38. The fourth-order valence-corrected chi connectivity index (χ4v) is 1.96. The van der Waals surface area contributed by atoms with Crippen molar-refractivity contribution >= 4 is 15.9 Å². The maximum Gasteiger partial charge on any atom is 0.106 e. The van der Waals surface area contributed by atoms with Crippen LogP contribution in [-0.4, -0.2) is 11.0 Å². The van der Waals surface area contributed by atoms with Crippen molar-refractivity contribution in [2.45, 2.75) is 32.4 Å². The van der Waals surface area contributed by atoms with E-state index in [1.165, 1.54) is 12.8 Å². The molecule has 0 amide bonds. The first-order valence-corrected chi connectivity index (χ1v) is 5.90. The van der Waals surface area contributed by atoms with Gasteiger partial charge in [-0.1, -0.05) is 6.07 Å². The molecule has 0 aromatic carbocycles. The molecule has 0 bridgehead atoms. The lowest BCUT2D eigenvalue weighted by molar-refractivity contribution is 0.492. The monoisotopic (exact) mass is 254 g/mol. The quantitative estimate of drug-likeness (QED) is 0.837. The zero-order valence-corrected chi connectivity index (χ0v) is 9.92. The summed E-state index contributed by atoms with van der Waals surface area (Å²) >= 11 is 3.37. The van der Waals surface area contributed by atoms with Gasteiger partial charge in [-0.2, -0.15) is 0 Å². The van der Waals surface area contributed by atoms with Gasteiger partial charge >= 0.3 is 0 Å². The van der Waals surface area contributed by atoms with Crippen LogP contribution >= 0.6 is 15.9 Å². The summed E-state index contributed by atoms with van der Waals surface area (Å²) < 4.78 is 0.913. The zero-order chi connectivity index (χ0) is 9.97. The molecule has 3 heteroatoms. The molecule has 0 radical (unpaired) electrons. The summed E-state index contributed by atoms with van der Waals surface area (Å²) in [5.74, 6) is 0.905. The first-order valence-electron chi connectivity index (χ1n) is 5.10. The van der Waals surface area contributed by atoms with Crippen LogP contribution in [-0.2, 0) is 6.54 Å². The maximum atomic E-state index is 4.38. The van der Waals surface area contributed by atoms with E-state index in [4.69, 9.17) is 0 Å². The number of pyridine rings is 1. The van der Waals surface area contributed by atoms with E-state index in [0.29, 0.717) is 6.04 Å². The second kappa shape index (κ2) is 4.41. The topological polar surface area (TPSA) is 24.9 Å². The second-order valence-corrected chi connectivity index (χ2v) is 4.77. The predicted octanol–water partition coefficient (Wildman–Crippen LogP) is 2.73. The minimum absolute atomic E-state index is 0.635. The number of halogens is 1. The summed E-state index contributed by atoms with van der Waals surface area (Å²) in [6, 6.07) is 6.66. The van der Waals surface area contributed by atoms with Crippen molar-refractivity contribution in [3.8, 4) is 0 Å². The molecule has 1 unspecified atom stereocenters. The Kier molecular flexibility index (Phi) is 3.19. The predicted molar refractivity (Wildman–Crippen MR) is 61.0 cm³/mol. The molecule has 1 aromatic heterocycles. The van der Waals surface area contributed by atoms with Crippen LogP contribution in [0.15, 0.2) is 22.8 Å². The maximum absolute atomic E-state index is 4.38. The first kappa shape index (κ1) is 10.1. The molecular weight excluding hydrogens is 240 g/mol. The summed E-state index contributed by atoms with van der Waals surface area (Å²) in [5.41, 5.74) is 1.10. The summed E-state index contributed by atoms with van der Waals surface area (Å²) in [6.07, 6.45) is 2.78. The van der Waals surface area contributed by atoms with Crippen LogP contribution in [0.5, 0.6) is 0 Å². The van der Waals surface area contributed by atoms with Crippen LogP contribution in [0.2, 0.25) is 0 Å². The highest BCUT2D eigenvalue weighted by Crippen LogP contribution is 2.32. The third-order valence-electron chi connectivity index (χ3n) is 2.71. The second-order valence-electron chi connectivity index (χ2n) is 3.96. The fraction of sp³-hybridized carbons (Fsp3) is 0.545. The smallest absolute Gasteiger partial charge is 0.106 e. The minimum atomic E-state index is 0.635. The van der Waals surface area contributed by atoms with Crippen LogP contribution < -0.4 is 5.32 Å². The molecule has 1 aromatic rings. The van der Waals surface area contributed by atoms with Crippen molar-refractivity contribution < 1.29 is 0 Å². The molecule has 1 aliphatic rings. The van der Waals surface area contributed by atoms with Gasteiger partial charge in [0.2, 0.25) is 0 Å². The summed E-state index contributed by atoms with van der Waals surface area (Å²) in [5, 5.41) is 3.50. The van der Waals surface area contributed by atoms with Crippen LogP contribution in [0.3, 0.4) is 0 Å². The molecule has 2 rings (SSSR count). The van der Waals surface area contributed by atoms with E-state index in [-0.39, 0.29) is 0 Å². The Balaban J connectivity index is 1.84. The number of rotatable bonds is 4. The van der Waals surface area contributed by atoms with Crippen molar-refractivity contribution in [2.75, 3.05) is 0 Å². The van der Waals surface area contributed by atoms with Crippen LogP contribution in [0.1, 0.15) is 25.5 Å². The largest absolute Gasteiger partial charge is 0.308 e. The Bertz CT molecular complexity index is 310. The Hall–Kier alpha value is -0.410. The van der Waals surface area contributed by atoms with Gasteiger partial charge in [-0.3, -0.25) is 0 Å². The molecule has 0 aliphatic heterocycles. The average Bonchev–Trinajstić information content (AvgIpc) is 2.97. The molecule has 1 fully saturated rings. The van der Waals surface area contributed by atoms with E-state index in [1.807, 2.05) is 12.1 Å². The number of hydrogen-bond acceptors (Lipinski definition) is 2. The SMILES string of the molecule is CC(NCc1cccc(Br)n1)C1CC1. The molecule has 76 valence electrons. The van der Waals surface area contributed by atoms with Crippen molar-refractivity contribution in [1.82, 2.24) is 10.3 Å². The molecule has 1 saturated carbocycles. The minimum Gasteiger partial charge on any atom is -0.308 e. The van der Waals surface area contributed by atoms with E-state index in [9.17, 15) is 0 Å². The standard InChI is InChI=1S/C11H15BrN2/c1-8(9-5-6-9)13-7-10-3-2-4-11(12)14-10/h2-4,8-9,13H,5-7H2,1H3. The van der Waals surface area contributed by atoms with Crippen LogP contribution in [0.4, 0.5) is 0 Å². The van der Waals surface area contributed by atoms with Gasteiger partial charge in [0.05, 0.1) is 5.69 Å². The highest BCUT2D eigenvalue weighted by atomic mass is 79.9. The van der Waals surface area contributed by atoms with Crippen molar-refractivity contribution in [2.24, 2.45) is 5.92 Å². The average molecular weight is 255 g/mol. The highest BCUT2D eigenvalue weighted by Gasteiger charge is 2.27. The van der Waals surface area contributed by atoms with Crippen LogP contribution in [0.25, 0.3) is 0 Å². The third-order valence-corrected chi connectivity index (χ3v) is 3.15. The highest BCUT2D eigenvalue weighted by molar-refractivity contribution is 9.10. The Morgan fingerprint density at radius 2 is 2.36 bits per heavy atom. The molecular formula is C11H15BrN2. The van der Waals surface area contributed by atoms with Gasteiger partial charge in [-0.15, -0.1) is 0 Å². The van der Waals surface area contributed by atoms with E-state index >= 15 is 0 Å². The van der Waals surface area contributed by atoms with Gasteiger partial charge in [0.1, 0.15) is 4.60 Å². The van der Waals surface area contributed by atoms with E-state index in [0.717, 1.165) is 22.8 Å². The molecule has 0 saturated heterocycles. The number of nitrogens with zero attached hydrogens (tertiary/aromatic N) is 1. The third kappa shape index (κ3) is 2.79. The molecule has 14 heavy (non-hydrogen) atoms. The lowest BCUT2D eigenvalue weighted by Gasteiger charge is -2.11. The lowest BCUT2D eigenvalue weighted by atomic mass is 10.2. The van der Waals surface area contributed by atoms with Crippen molar-refractivity contribution in [3.63, 3.8) is 0 Å². The fourth-order valence-electron chi connectivity index (χ4n) is 1.58. The van der Waals surface area contributed by atoms with Crippen LogP contribution in [0, 0.1) is 5.92 Å². The zero-order valence-electron chi connectivity index (χ0n) is 8.33. The molecule has 2 nitrogen and oxygen atoms in total. The van der Waals surface area contributed by atoms with E-state index < -0.39 is 0 Å². The van der Waals surface area contributed by atoms with Gasteiger partial charge in [0.25, 0.3) is 0 Å². The number of aromatic nitrogens is 1. The van der Waals surface area contributed by atoms with Gasteiger partial charge in [0, 0.05) is 12.6 Å². The normalized spacial score (nSPS) is 18.1. The van der Waals surface area contributed by atoms with Gasteiger partial charge in [-0.05, 0) is 53.7 Å². The van der Waals surface area contributed by atoms with Crippen molar-refractivity contribution in [1.29, 1.82) is 0 Å². The number of hydrogen-bond donors (Lipinski definition) is 1. The molecule has 1 N–H and O–H groups in total. The Labute approximate surface area is 93.3 Å². The molecule has 0 spiro atoms. The number of nitrogens with one attached hydrogen (secondary N) is 1. The van der Waals surface area contributed by atoms with E-state index in [2.05, 4.69) is 39.2 Å². The lowest BCUT2D eigenvalue weighted by Crippen LogP contribution is -2.27. The molecule has 1 aliphatic carbocycles. The molecule has 1 heterocycles.